The standard InChI is InChI=1S/C16H20ClN5O/c1-2-13-14(4-3-7-18-13)20-11-5-8-22(9-6-11)15-12(17)10-19-21-16(15)23/h3-4,7,10-11,20H,2,5-6,8-9H2,1H3,(H,21,23). The van der Waals surface area contributed by atoms with Gasteiger partial charge in [-0.1, -0.05) is 18.5 Å². The number of halogens is 1. The number of aryl methyl sites for hydroxylation is 1. The highest BCUT2D eigenvalue weighted by molar-refractivity contribution is 6.33. The lowest BCUT2D eigenvalue weighted by Gasteiger charge is -2.34. The van der Waals surface area contributed by atoms with Gasteiger partial charge in [-0.3, -0.25) is 9.78 Å². The van der Waals surface area contributed by atoms with Gasteiger partial charge in [-0.25, -0.2) is 5.10 Å². The Labute approximate surface area is 139 Å². The fourth-order valence-corrected chi connectivity index (χ4v) is 3.24. The van der Waals surface area contributed by atoms with Gasteiger partial charge in [0.1, 0.15) is 5.69 Å². The number of nitrogens with one attached hydrogen (secondary N) is 2. The average molecular weight is 334 g/mol. The smallest absolute Gasteiger partial charge is 0.289 e. The zero-order valence-corrected chi connectivity index (χ0v) is 13.8. The van der Waals surface area contributed by atoms with Gasteiger partial charge in [-0.05, 0) is 31.4 Å². The highest BCUT2D eigenvalue weighted by atomic mass is 35.5. The van der Waals surface area contributed by atoms with E-state index in [1.54, 1.807) is 0 Å². The molecule has 0 radical (unpaired) electrons. The molecule has 6 nitrogen and oxygen atoms in total. The molecule has 0 unspecified atom stereocenters. The third-order valence-electron chi connectivity index (χ3n) is 4.18. The van der Waals surface area contributed by atoms with Crippen LogP contribution in [0.25, 0.3) is 0 Å². The van der Waals surface area contributed by atoms with E-state index in [0.29, 0.717) is 16.8 Å². The molecule has 2 aromatic rings. The molecule has 0 aliphatic carbocycles. The molecule has 1 aliphatic rings. The van der Waals surface area contributed by atoms with E-state index in [-0.39, 0.29) is 5.56 Å². The van der Waals surface area contributed by atoms with E-state index >= 15 is 0 Å². The average Bonchev–Trinajstić information content (AvgIpc) is 2.57. The fourth-order valence-electron chi connectivity index (χ4n) is 2.98. The minimum Gasteiger partial charge on any atom is -0.381 e. The van der Waals surface area contributed by atoms with Crippen LogP contribution in [-0.2, 0) is 6.42 Å². The highest BCUT2D eigenvalue weighted by Gasteiger charge is 2.23. The first kappa shape index (κ1) is 15.8. The number of aromatic nitrogens is 3. The van der Waals surface area contributed by atoms with Crippen molar-refractivity contribution in [2.45, 2.75) is 32.2 Å². The number of H-pyrrole nitrogens is 1. The Morgan fingerprint density at radius 3 is 2.91 bits per heavy atom. The number of anilines is 2. The van der Waals surface area contributed by atoms with Gasteiger partial charge in [-0.2, -0.15) is 5.10 Å². The molecule has 122 valence electrons. The molecule has 23 heavy (non-hydrogen) atoms. The number of rotatable bonds is 4. The molecule has 3 rings (SSSR count). The van der Waals surface area contributed by atoms with Crippen molar-refractivity contribution in [1.82, 2.24) is 15.2 Å². The second-order valence-electron chi connectivity index (χ2n) is 5.65. The highest BCUT2D eigenvalue weighted by Crippen LogP contribution is 2.25. The topological polar surface area (TPSA) is 73.9 Å². The summed E-state index contributed by atoms with van der Waals surface area (Å²) >= 11 is 6.12. The van der Waals surface area contributed by atoms with Crippen LogP contribution in [-0.4, -0.2) is 34.3 Å². The van der Waals surface area contributed by atoms with Crippen LogP contribution in [0.1, 0.15) is 25.5 Å². The van der Waals surface area contributed by atoms with Crippen molar-refractivity contribution in [2.75, 3.05) is 23.3 Å². The van der Waals surface area contributed by atoms with Crippen LogP contribution in [0.3, 0.4) is 0 Å². The van der Waals surface area contributed by atoms with E-state index in [9.17, 15) is 4.79 Å². The molecule has 2 N–H and O–H groups in total. The number of hydrogen-bond donors (Lipinski definition) is 2. The van der Waals surface area contributed by atoms with Gasteiger partial charge in [0.05, 0.1) is 22.6 Å². The number of pyridine rings is 1. The molecular weight excluding hydrogens is 314 g/mol. The molecule has 0 saturated carbocycles. The van der Waals surface area contributed by atoms with E-state index < -0.39 is 0 Å². The zero-order valence-electron chi connectivity index (χ0n) is 13.1. The number of nitrogens with zero attached hydrogens (tertiary/aromatic N) is 3. The third kappa shape index (κ3) is 3.47. The van der Waals surface area contributed by atoms with Gasteiger partial charge < -0.3 is 10.2 Å². The summed E-state index contributed by atoms with van der Waals surface area (Å²) in [7, 11) is 0. The number of piperidine rings is 1. The summed E-state index contributed by atoms with van der Waals surface area (Å²) < 4.78 is 0. The first-order valence-electron chi connectivity index (χ1n) is 7.87. The second kappa shape index (κ2) is 7.00. The summed E-state index contributed by atoms with van der Waals surface area (Å²) in [5, 5.41) is 10.1. The summed E-state index contributed by atoms with van der Waals surface area (Å²) in [6.07, 6.45) is 6.09. The van der Waals surface area contributed by atoms with Crippen LogP contribution in [0, 0.1) is 0 Å². The maximum absolute atomic E-state index is 11.9. The second-order valence-corrected chi connectivity index (χ2v) is 6.06. The van der Waals surface area contributed by atoms with Crippen LogP contribution < -0.4 is 15.8 Å². The summed E-state index contributed by atoms with van der Waals surface area (Å²) in [5.41, 5.74) is 2.48. The van der Waals surface area contributed by atoms with Crippen LogP contribution in [0.2, 0.25) is 5.02 Å². The number of hydrogen-bond acceptors (Lipinski definition) is 5. The molecule has 1 fully saturated rings. The van der Waals surface area contributed by atoms with Crippen molar-refractivity contribution in [3.63, 3.8) is 0 Å². The van der Waals surface area contributed by atoms with E-state index in [0.717, 1.165) is 43.7 Å². The Kier molecular flexibility index (Phi) is 4.81. The Hall–Kier alpha value is -2.08. The lowest BCUT2D eigenvalue weighted by molar-refractivity contribution is 0.524. The van der Waals surface area contributed by atoms with Gasteiger partial charge in [-0.15, -0.1) is 0 Å². The molecule has 1 saturated heterocycles. The van der Waals surface area contributed by atoms with Crippen molar-refractivity contribution in [2.24, 2.45) is 0 Å². The molecule has 2 aromatic heterocycles. The Bertz CT molecular complexity index is 724. The summed E-state index contributed by atoms with van der Waals surface area (Å²) in [6.45, 7) is 3.67. The lowest BCUT2D eigenvalue weighted by Crippen LogP contribution is -2.41. The molecular formula is C16H20ClN5O. The van der Waals surface area contributed by atoms with E-state index in [1.807, 2.05) is 17.2 Å². The van der Waals surface area contributed by atoms with Gasteiger partial charge in [0.15, 0.2) is 0 Å². The largest absolute Gasteiger partial charge is 0.381 e. The monoisotopic (exact) mass is 333 g/mol. The normalized spacial score (nSPS) is 15.7. The quantitative estimate of drug-likeness (QED) is 0.899. The molecule has 0 amide bonds. The minimum atomic E-state index is -0.232. The summed E-state index contributed by atoms with van der Waals surface area (Å²) in [4.78, 5) is 18.4. The lowest BCUT2D eigenvalue weighted by atomic mass is 10.0. The van der Waals surface area contributed by atoms with Crippen molar-refractivity contribution in [1.29, 1.82) is 0 Å². The van der Waals surface area contributed by atoms with Crippen LogP contribution in [0.4, 0.5) is 11.4 Å². The molecule has 0 aromatic carbocycles. The van der Waals surface area contributed by atoms with Crippen molar-refractivity contribution >= 4 is 23.0 Å². The molecule has 0 bridgehead atoms. The third-order valence-corrected chi connectivity index (χ3v) is 4.46. The zero-order chi connectivity index (χ0) is 16.2. The predicted molar refractivity (Wildman–Crippen MR) is 92.3 cm³/mol. The van der Waals surface area contributed by atoms with Gasteiger partial charge in [0.2, 0.25) is 0 Å². The maximum Gasteiger partial charge on any atom is 0.289 e. The van der Waals surface area contributed by atoms with E-state index in [4.69, 9.17) is 11.6 Å². The van der Waals surface area contributed by atoms with Crippen molar-refractivity contribution < 1.29 is 0 Å². The minimum absolute atomic E-state index is 0.232. The van der Waals surface area contributed by atoms with Gasteiger partial charge in [0.25, 0.3) is 5.56 Å². The molecule has 3 heterocycles. The Morgan fingerprint density at radius 2 is 2.22 bits per heavy atom. The summed E-state index contributed by atoms with van der Waals surface area (Å²) in [5.74, 6) is 0. The van der Waals surface area contributed by atoms with Crippen LogP contribution in [0.5, 0.6) is 0 Å². The SMILES string of the molecule is CCc1ncccc1NC1CCN(c2c(Cl)cn[nH]c2=O)CC1. The Morgan fingerprint density at radius 1 is 1.43 bits per heavy atom. The number of aromatic amines is 1. The van der Waals surface area contributed by atoms with Crippen molar-refractivity contribution in [3.05, 3.63) is 45.6 Å². The van der Waals surface area contributed by atoms with Crippen LogP contribution in [0.15, 0.2) is 29.3 Å². The molecule has 7 heteroatoms. The van der Waals surface area contributed by atoms with E-state index in [1.165, 1.54) is 6.20 Å². The van der Waals surface area contributed by atoms with Gasteiger partial charge in [0, 0.05) is 25.3 Å². The molecule has 1 aliphatic heterocycles. The molecule has 0 atom stereocenters. The fraction of sp³-hybridized carbons (Fsp3) is 0.438. The van der Waals surface area contributed by atoms with Crippen LogP contribution >= 0.6 is 11.6 Å². The Balaban J connectivity index is 1.66. The summed E-state index contributed by atoms with van der Waals surface area (Å²) in [6, 6.07) is 4.40. The molecule has 0 spiro atoms. The maximum atomic E-state index is 11.9. The first-order valence-corrected chi connectivity index (χ1v) is 8.25. The first-order chi connectivity index (χ1) is 11.2. The van der Waals surface area contributed by atoms with E-state index in [2.05, 4.69) is 33.5 Å². The van der Waals surface area contributed by atoms with Crippen molar-refractivity contribution in [3.8, 4) is 0 Å². The predicted octanol–water partition coefficient (Wildman–Crippen LogP) is 2.46. The van der Waals surface area contributed by atoms with Gasteiger partial charge >= 0.3 is 0 Å².